The third-order valence-corrected chi connectivity index (χ3v) is 2.30. The van der Waals surface area contributed by atoms with Gasteiger partial charge in [-0.15, -0.1) is 0 Å². The zero-order chi connectivity index (χ0) is 8.97. The maximum absolute atomic E-state index is 10.5. The largest absolute Gasteiger partial charge is 0.465 e. The highest BCUT2D eigenvalue weighted by atomic mass is 16.4. The Morgan fingerprint density at radius 2 is 2.08 bits per heavy atom. The number of hydrogen-bond acceptors (Lipinski definition) is 2. The molecule has 0 aromatic rings. The molecular formula is C8H13NO3. The van der Waals surface area contributed by atoms with Crippen LogP contribution in [0.4, 0.5) is 4.79 Å². The highest BCUT2D eigenvalue weighted by Crippen LogP contribution is 2.22. The number of nitrogens with one attached hydrogen (secondary N) is 1. The van der Waals surface area contributed by atoms with Crippen LogP contribution in [-0.4, -0.2) is 23.5 Å². The number of carbonyl (C=O) groups is 2. The van der Waals surface area contributed by atoms with Gasteiger partial charge in [-0.3, -0.25) is 0 Å². The molecule has 0 heterocycles. The van der Waals surface area contributed by atoms with E-state index < -0.39 is 6.09 Å². The van der Waals surface area contributed by atoms with Gasteiger partial charge in [0.05, 0.1) is 0 Å². The van der Waals surface area contributed by atoms with Gasteiger partial charge in [0.2, 0.25) is 0 Å². The van der Waals surface area contributed by atoms with Gasteiger partial charge in [-0.2, -0.15) is 0 Å². The van der Waals surface area contributed by atoms with Crippen LogP contribution in [0.2, 0.25) is 0 Å². The average molecular weight is 171 g/mol. The first-order valence-electron chi connectivity index (χ1n) is 4.19. The van der Waals surface area contributed by atoms with Crippen molar-refractivity contribution in [3.05, 3.63) is 0 Å². The van der Waals surface area contributed by atoms with Gasteiger partial charge in [0.1, 0.15) is 6.29 Å². The summed E-state index contributed by atoms with van der Waals surface area (Å²) in [5.41, 5.74) is 0. The van der Waals surface area contributed by atoms with E-state index in [0.29, 0.717) is 0 Å². The summed E-state index contributed by atoms with van der Waals surface area (Å²) in [4.78, 5) is 20.8. The predicted molar refractivity (Wildman–Crippen MR) is 43.0 cm³/mol. The van der Waals surface area contributed by atoms with E-state index in [4.69, 9.17) is 5.11 Å². The summed E-state index contributed by atoms with van der Waals surface area (Å²) in [5, 5.41) is 10.8. The van der Waals surface area contributed by atoms with Crippen molar-refractivity contribution in [2.75, 3.05) is 0 Å². The summed E-state index contributed by atoms with van der Waals surface area (Å²) in [7, 11) is 0. The molecule has 2 N–H and O–H groups in total. The Hall–Kier alpha value is -1.06. The second-order valence-corrected chi connectivity index (χ2v) is 3.14. The van der Waals surface area contributed by atoms with Crippen molar-refractivity contribution in [3.8, 4) is 0 Å². The van der Waals surface area contributed by atoms with Crippen LogP contribution in [0.5, 0.6) is 0 Å². The number of aldehydes is 1. The minimum absolute atomic E-state index is 0.116. The molecular weight excluding hydrogens is 158 g/mol. The van der Waals surface area contributed by atoms with Gasteiger partial charge in [0, 0.05) is 12.0 Å². The minimum Gasteiger partial charge on any atom is -0.465 e. The summed E-state index contributed by atoms with van der Waals surface area (Å²) in [6.45, 7) is 0. The molecule has 0 aromatic heterocycles. The van der Waals surface area contributed by atoms with E-state index >= 15 is 0 Å². The maximum atomic E-state index is 10.5. The van der Waals surface area contributed by atoms with Crippen molar-refractivity contribution in [2.24, 2.45) is 5.92 Å². The van der Waals surface area contributed by atoms with Crippen molar-refractivity contribution >= 4 is 12.4 Å². The van der Waals surface area contributed by atoms with Crippen molar-refractivity contribution in [1.82, 2.24) is 5.32 Å². The van der Waals surface area contributed by atoms with Crippen LogP contribution < -0.4 is 5.32 Å². The lowest BCUT2D eigenvalue weighted by Crippen LogP contribution is -2.41. The third-order valence-electron chi connectivity index (χ3n) is 2.30. The van der Waals surface area contributed by atoms with Crippen LogP contribution in [0.15, 0.2) is 0 Å². The van der Waals surface area contributed by atoms with Gasteiger partial charge in [-0.1, -0.05) is 12.8 Å². The average Bonchev–Trinajstić information content (AvgIpc) is 2.04. The van der Waals surface area contributed by atoms with E-state index in [1.165, 1.54) is 0 Å². The Morgan fingerprint density at radius 3 is 2.67 bits per heavy atom. The van der Waals surface area contributed by atoms with Crippen LogP contribution in [0.25, 0.3) is 0 Å². The molecule has 0 aliphatic heterocycles. The molecule has 1 aliphatic rings. The third kappa shape index (κ3) is 2.22. The Morgan fingerprint density at radius 1 is 1.42 bits per heavy atom. The van der Waals surface area contributed by atoms with Crippen LogP contribution in [0.3, 0.4) is 0 Å². The highest BCUT2D eigenvalue weighted by Gasteiger charge is 2.25. The SMILES string of the molecule is O=C[C@@H]1CCCC[C@@H]1NC(=O)O. The lowest BCUT2D eigenvalue weighted by molar-refractivity contribution is -0.112. The molecule has 1 saturated carbocycles. The monoisotopic (exact) mass is 171 g/mol. The fraction of sp³-hybridized carbons (Fsp3) is 0.750. The smallest absolute Gasteiger partial charge is 0.404 e. The Labute approximate surface area is 71.0 Å². The van der Waals surface area contributed by atoms with E-state index in [2.05, 4.69) is 5.32 Å². The van der Waals surface area contributed by atoms with E-state index in [1.54, 1.807) is 0 Å². The first kappa shape index (κ1) is 9.03. The van der Waals surface area contributed by atoms with Crippen molar-refractivity contribution < 1.29 is 14.7 Å². The molecule has 4 nitrogen and oxygen atoms in total. The van der Waals surface area contributed by atoms with E-state index in [-0.39, 0.29) is 12.0 Å². The maximum Gasteiger partial charge on any atom is 0.404 e. The summed E-state index contributed by atoms with van der Waals surface area (Å²) in [5.74, 6) is -0.116. The molecule has 1 rings (SSSR count). The molecule has 68 valence electrons. The molecule has 4 heteroatoms. The van der Waals surface area contributed by atoms with Crippen LogP contribution >= 0.6 is 0 Å². The van der Waals surface area contributed by atoms with Gasteiger partial charge in [-0.05, 0) is 12.8 Å². The molecule has 0 aromatic carbocycles. The Balaban J connectivity index is 2.46. The standard InChI is InChI=1S/C8H13NO3/c10-5-6-3-1-2-4-7(6)9-8(11)12/h5-7,9H,1-4H2,(H,11,12)/t6-,7-/m0/s1. The molecule has 0 unspecified atom stereocenters. The van der Waals surface area contributed by atoms with Gasteiger partial charge in [0.15, 0.2) is 0 Å². The van der Waals surface area contributed by atoms with E-state index in [1.807, 2.05) is 0 Å². The van der Waals surface area contributed by atoms with Crippen LogP contribution in [0, 0.1) is 5.92 Å². The molecule has 0 saturated heterocycles. The Bertz CT molecular complexity index is 181. The molecule has 1 aliphatic carbocycles. The number of amides is 1. The molecule has 0 bridgehead atoms. The highest BCUT2D eigenvalue weighted by molar-refractivity contribution is 5.66. The minimum atomic E-state index is -1.03. The number of carbonyl (C=O) groups excluding carboxylic acids is 1. The molecule has 0 radical (unpaired) electrons. The second kappa shape index (κ2) is 4.09. The van der Waals surface area contributed by atoms with Crippen molar-refractivity contribution in [3.63, 3.8) is 0 Å². The summed E-state index contributed by atoms with van der Waals surface area (Å²) < 4.78 is 0. The zero-order valence-electron chi connectivity index (χ0n) is 6.82. The molecule has 12 heavy (non-hydrogen) atoms. The number of carboxylic acid groups (broad SMARTS) is 1. The zero-order valence-corrected chi connectivity index (χ0v) is 6.82. The molecule has 0 spiro atoms. The summed E-state index contributed by atoms with van der Waals surface area (Å²) in [6.07, 6.45) is 3.47. The molecule has 1 fully saturated rings. The van der Waals surface area contributed by atoms with Gasteiger partial charge >= 0.3 is 6.09 Å². The summed E-state index contributed by atoms with van der Waals surface area (Å²) >= 11 is 0. The van der Waals surface area contributed by atoms with Crippen molar-refractivity contribution in [2.45, 2.75) is 31.7 Å². The fourth-order valence-electron chi connectivity index (χ4n) is 1.66. The second-order valence-electron chi connectivity index (χ2n) is 3.14. The van der Waals surface area contributed by atoms with E-state index in [9.17, 15) is 9.59 Å². The first-order valence-corrected chi connectivity index (χ1v) is 4.19. The lowest BCUT2D eigenvalue weighted by Gasteiger charge is -2.27. The van der Waals surface area contributed by atoms with Gasteiger partial charge < -0.3 is 15.2 Å². The van der Waals surface area contributed by atoms with Gasteiger partial charge in [-0.25, -0.2) is 4.79 Å². The number of hydrogen-bond donors (Lipinski definition) is 2. The first-order chi connectivity index (χ1) is 5.74. The predicted octanol–water partition coefficient (Wildman–Crippen LogP) is 1.01. The summed E-state index contributed by atoms with van der Waals surface area (Å²) in [6, 6.07) is -0.159. The topological polar surface area (TPSA) is 66.4 Å². The van der Waals surface area contributed by atoms with Crippen LogP contribution in [-0.2, 0) is 4.79 Å². The fourth-order valence-corrected chi connectivity index (χ4v) is 1.66. The van der Waals surface area contributed by atoms with Gasteiger partial charge in [0.25, 0.3) is 0 Å². The number of rotatable bonds is 2. The van der Waals surface area contributed by atoms with E-state index in [0.717, 1.165) is 32.0 Å². The van der Waals surface area contributed by atoms with Crippen LogP contribution in [0.1, 0.15) is 25.7 Å². The molecule has 2 atom stereocenters. The normalized spacial score (nSPS) is 29.3. The Kier molecular flexibility index (Phi) is 3.08. The lowest BCUT2D eigenvalue weighted by atomic mass is 9.86. The molecule has 1 amide bonds. The van der Waals surface area contributed by atoms with Crippen molar-refractivity contribution in [1.29, 1.82) is 0 Å². The quantitative estimate of drug-likeness (QED) is 0.609.